The Labute approximate surface area is 159 Å². The van der Waals surface area contributed by atoms with Crippen LogP contribution in [0.3, 0.4) is 0 Å². The summed E-state index contributed by atoms with van der Waals surface area (Å²) in [6.07, 6.45) is 4.51. The van der Waals surface area contributed by atoms with Crippen LogP contribution in [0.1, 0.15) is 34.6 Å². The van der Waals surface area contributed by atoms with E-state index in [0.29, 0.717) is 23.6 Å². The lowest BCUT2D eigenvalue weighted by atomic mass is 10.1. The van der Waals surface area contributed by atoms with Crippen molar-refractivity contribution in [1.82, 2.24) is 19.8 Å². The molecule has 0 unspecified atom stereocenters. The average molecular weight is 371 g/mol. The predicted molar refractivity (Wildman–Crippen MR) is 103 cm³/mol. The fourth-order valence-corrected chi connectivity index (χ4v) is 3.16. The van der Waals surface area contributed by atoms with Crippen molar-refractivity contribution in [3.63, 3.8) is 0 Å². The molecule has 1 aromatic heterocycles. The maximum absolute atomic E-state index is 13.2. The van der Waals surface area contributed by atoms with Crippen LogP contribution in [0, 0.1) is 5.82 Å². The van der Waals surface area contributed by atoms with E-state index < -0.39 is 0 Å². The van der Waals surface area contributed by atoms with Crippen molar-refractivity contribution in [2.75, 3.05) is 45.6 Å². The van der Waals surface area contributed by atoms with Gasteiger partial charge < -0.3 is 15.1 Å². The van der Waals surface area contributed by atoms with Crippen molar-refractivity contribution in [2.45, 2.75) is 19.3 Å². The molecule has 144 valence electrons. The van der Waals surface area contributed by atoms with Crippen molar-refractivity contribution in [2.24, 2.45) is 0 Å². The van der Waals surface area contributed by atoms with Gasteiger partial charge in [-0.1, -0.05) is 12.1 Å². The van der Waals surface area contributed by atoms with Gasteiger partial charge >= 0.3 is 0 Å². The van der Waals surface area contributed by atoms with E-state index in [2.05, 4.69) is 20.2 Å². The van der Waals surface area contributed by atoms with Crippen LogP contribution >= 0.6 is 0 Å². The highest BCUT2D eigenvalue weighted by Crippen LogP contribution is 2.17. The summed E-state index contributed by atoms with van der Waals surface area (Å²) in [5.41, 5.74) is 1.92. The van der Waals surface area contributed by atoms with E-state index in [-0.39, 0.29) is 11.7 Å². The van der Waals surface area contributed by atoms with Crippen molar-refractivity contribution in [3.05, 3.63) is 53.2 Å². The minimum Gasteiger partial charge on any atom is -0.367 e. The van der Waals surface area contributed by atoms with Crippen LogP contribution in [0.25, 0.3) is 0 Å². The second-order valence-corrected chi connectivity index (χ2v) is 7.03. The molecule has 1 aliphatic rings. The molecule has 1 aromatic carbocycles. The van der Waals surface area contributed by atoms with Gasteiger partial charge in [0.05, 0.1) is 11.9 Å². The van der Waals surface area contributed by atoms with Crippen LogP contribution in [0.15, 0.2) is 30.5 Å². The molecule has 1 amide bonds. The summed E-state index contributed by atoms with van der Waals surface area (Å²) in [7, 11) is 3.37. The summed E-state index contributed by atoms with van der Waals surface area (Å²) in [6.45, 7) is 4.01. The molecule has 7 heteroatoms. The Hall–Kier alpha value is -2.54. The van der Waals surface area contributed by atoms with Gasteiger partial charge in [0.25, 0.3) is 5.91 Å². The van der Waals surface area contributed by atoms with Crippen molar-refractivity contribution in [3.8, 4) is 0 Å². The van der Waals surface area contributed by atoms with Gasteiger partial charge in [-0.05, 0) is 43.6 Å². The second kappa shape index (κ2) is 8.90. The van der Waals surface area contributed by atoms with Crippen molar-refractivity contribution >= 4 is 11.7 Å². The zero-order chi connectivity index (χ0) is 19.2. The third-order valence-electron chi connectivity index (χ3n) is 4.67. The average Bonchev–Trinajstić information content (AvgIpc) is 3.17. The van der Waals surface area contributed by atoms with Gasteiger partial charge in [0.2, 0.25) is 0 Å². The number of carbonyl (C=O) groups excluding carboxylic acids is 1. The molecule has 6 nitrogen and oxygen atoms in total. The second-order valence-electron chi connectivity index (χ2n) is 7.03. The summed E-state index contributed by atoms with van der Waals surface area (Å²) in [4.78, 5) is 25.1. The molecule has 3 rings (SSSR count). The zero-order valence-corrected chi connectivity index (χ0v) is 15.9. The number of hydrogen-bond acceptors (Lipinski definition) is 5. The maximum atomic E-state index is 13.2. The Bertz CT molecular complexity index is 772. The molecule has 1 aliphatic heterocycles. The van der Waals surface area contributed by atoms with Crippen LogP contribution in [-0.2, 0) is 6.42 Å². The van der Waals surface area contributed by atoms with E-state index >= 15 is 0 Å². The number of benzene rings is 1. The van der Waals surface area contributed by atoms with Gasteiger partial charge in [-0.3, -0.25) is 4.79 Å². The Morgan fingerprint density at radius 3 is 2.59 bits per heavy atom. The molecule has 27 heavy (non-hydrogen) atoms. The SMILES string of the molecule is CN(C)C(=O)c1cnc(NCCN2CCCC2)c(Cc2ccc(F)cc2)n1. The van der Waals surface area contributed by atoms with Crippen LogP contribution < -0.4 is 5.32 Å². The first-order valence-electron chi connectivity index (χ1n) is 9.31. The summed E-state index contributed by atoms with van der Waals surface area (Å²) in [6, 6.07) is 6.31. The molecule has 0 radical (unpaired) electrons. The molecular formula is C20H26FN5O. The third-order valence-corrected chi connectivity index (χ3v) is 4.67. The fraction of sp³-hybridized carbons (Fsp3) is 0.450. The fourth-order valence-electron chi connectivity index (χ4n) is 3.16. The highest BCUT2D eigenvalue weighted by molar-refractivity contribution is 5.91. The van der Waals surface area contributed by atoms with Gasteiger partial charge in [-0.2, -0.15) is 0 Å². The van der Waals surface area contributed by atoms with Crippen molar-refractivity contribution < 1.29 is 9.18 Å². The standard InChI is InChI=1S/C20H26FN5O/c1-25(2)20(27)18-14-23-19(22-9-12-26-10-3-4-11-26)17(24-18)13-15-5-7-16(21)8-6-15/h5-8,14H,3-4,9-13H2,1-2H3,(H,22,23). The summed E-state index contributed by atoms with van der Waals surface area (Å²) >= 11 is 0. The van der Waals surface area contributed by atoms with E-state index in [4.69, 9.17) is 0 Å². The number of anilines is 1. The quantitative estimate of drug-likeness (QED) is 0.810. The van der Waals surface area contributed by atoms with Crippen LogP contribution in [0.5, 0.6) is 0 Å². The lowest BCUT2D eigenvalue weighted by molar-refractivity contribution is 0.0821. The smallest absolute Gasteiger partial charge is 0.273 e. The Morgan fingerprint density at radius 1 is 1.22 bits per heavy atom. The molecule has 1 N–H and O–H groups in total. The number of carbonyl (C=O) groups is 1. The first-order valence-corrected chi connectivity index (χ1v) is 9.31. The van der Waals surface area contributed by atoms with E-state index in [0.717, 1.165) is 31.7 Å². The molecule has 1 saturated heterocycles. The number of halogens is 1. The van der Waals surface area contributed by atoms with E-state index in [1.54, 1.807) is 26.2 Å². The minimum absolute atomic E-state index is 0.188. The molecule has 0 spiro atoms. The van der Waals surface area contributed by atoms with Crippen LogP contribution in [0.4, 0.5) is 10.2 Å². The maximum Gasteiger partial charge on any atom is 0.273 e. The molecule has 0 saturated carbocycles. The Kier molecular flexibility index (Phi) is 6.34. The van der Waals surface area contributed by atoms with Gasteiger partial charge in [-0.15, -0.1) is 0 Å². The number of likely N-dealkylation sites (tertiary alicyclic amines) is 1. The van der Waals surface area contributed by atoms with E-state index in [1.165, 1.54) is 36.1 Å². The Balaban J connectivity index is 1.77. The number of rotatable bonds is 7. The lowest BCUT2D eigenvalue weighted by Crippen LogP contribution is -2.27. The first-order chi connectivity index (χ1) is 13.0. The summed E-state index contributed by atoms with van der Waals surface area (Å²) in [5.74, 6) is 0.214. The molecule has 0 bridgehead atoms. The largest absolute Gasteiger partial charge is 0.367 e. The van der Waals surface area contributed by atoms with E-state index in [1.807, 2.05) is 0 Å². The van der Waals surface area contributed by atoms with Crippen LogP contribution in [-0.4, -0.2) is 65.9 Å². The first kappa shape index (κ1) is 19.2. The molecule has 1 fully saturated rings. The number of amides is 1. The normalized spacial score (nSPS) is 14.3. The number of nitrogens with zero attached hydrogens (tertiary/aromatic N) is 4. The highest BCUT2D eigenvalue weighted by atomic mass is 19.1. The topological polar surface area (TPSA) is 61.4 Å². The highest BCUT2D eigenvalue weighted by Gasteiger charge is 2.16. The zero-order valence-electron chi connectivity index (χ0n) is 15.9. The lowest BCUT2D eigenvalue weighted by Gasteiger charge is -2.17. The minimum atomic E-state index is -0.273. The number of nitrogens with one attached hydrogen (secondary N) is 1. The molecular weight excluding hydrogens is 345 g/mol. The number of aromatic nitrogens is 2. The Morgan fingerprint density at radius 2 is 1.93 bits per heavy atom. The molecule has 2 aromatic rings. The third kappa shape index (κ3) is 5.23. The molecule has 0 atom stereocenters. The van der Waals surface area contributed by atoms with Crippen molar-refractivity contribution in [1.29, 1.82) is 0 Å². The predicted octanol–water partition coefficient (Wildman–Crippen LogP) is 2.42. The number of hydrogen-bond donors (Lipinski definition) is 1. The van der Waals surface area contributed by atoms with E-state index in [9.17, 15) is 9.18 Å². The van der Waals surface area contributed by atoms with Gasteiger partial charge in [0, 0.05) is 33.6 Å². The molecule has 2 heterocycles. The van der Waals surface area contributed by atoms with Gasteiger partial charge in [0.15, 0.2) is 0 Å². The molecule has 0 aliphatic carbocycles. The van der Waals surface area contributed by atoms with Crippen LogP contribution in [0.2, 0.25) is 0 Å². The van der Waals surface area contributed by atoms with Gasteiger partial charge in [0.1, 0.15) is 17.3 Å². The van der Waals surface area contributed by atoms with Gasteiger partial charge in [-0.25, -0.2) is 14.4 Å². The summed E-state index contributed by atoms with van der Waals surface area (Å²) < 4.78 is 13.2. The summed E-state index contributed by atoms with van der Waals surface area (Å²) in [5, 5.41) is 3.35. The monoisotopic (exact) mass is 371 g/mol.